The van der Waals surface area contributed by atoms with Crippen molar-refractivity contribution < 1.29 is 9.66 Å². The topological polar surface area (TPSA) is 68.0 Å². The molecule has 2 atom stereocenters. The SMILES string of the molecule is CCCCN1C(=Nc2ccc([N+](=O)[O-])c3c2CCCC3)SC[C@@H]1[C@@H](C)OC(C)(C)C. The third kappa shape index (κ3) is 5.35. The zero-order valence-corrected chi connectivity index (χ0v) is 19.8. The lowest BCUT2D eigenvalue weighted by Crippen LogP contribution is -2.45. The van der Waals surface area contributed by atoms with Gasteiger partial charge in [0.15, 0.2) is 5.17 Å². The number of nitrogens with zero attached hydrogens (tertiary/aromatic N) is 3. The highest BCUT2D eigenvalue weighted by atomic mass is 32.2. The Morgan fingerprint density at radius 3 is 2.63 bits per heavy atom. The van der Waals surface area contributed by atoms with Crippen LogP contribution in [-0.4, -0.2) is 45.0 Å². The Morgan fingerprint density at radius 2 is 2.00 bits per heavy atom. The Hall–Kier alpha value is -1.60. The van der Waals surface area contributed by atoms with Gasteiger partial charge in [0.05, 0.1) is 28.4 Å². The minimum absolute atomic E-state index is 0.104. The van der Waals surface area contributed by atoms with E-state index in [1.807, 2.05) is 6.07 Å². The summed E-state index contributed by atoms with van der Waals surface area (Å²) in [6, 6.07) is 3.77. The third-order valence-corrected chi connectivity index (χ3v) is 6.85. The van der Waals surface area contributed by atoms with E-state index in [2.05, 4.69) is 39.5 Å². The van der Waals surface area contributed by atoms with E-state index in [1.165, 1.54) is 0 Å². The van der Waals surface area contributed by atoms with Gasteiger partial charge in [-0.25, -0.2) is 4.99 Å². The molecule has 1 saturated heterocycles. The molecule has 0 unspecified atom stereocenters. The monoisotopic (exact) mass is 433 g/mol. The van der Waals surface area contributed by atoms with Crippen molar-refractivity contribution in [2.24, 2.45) is 4.99 Å². The highest BCUT2D eigenvalue weighted by Crippen LogP contribution is 2.38. The third-order valence-electron chi connectivity index (χ3n) is 5.76. The number of fused-ring (bicyclic) bond motifs is 1. The van der Waals surface area contributed by atoms with Crippen LogP contribution in [0, 0.1) is 10.1 Å². The Morgan fingerprint density at radius 1 is 1.30 bits per heavy atom. The predicted octanol–water partition coefficient (Wildman–Crippen LogP) is 5.88. The second kappa shape index (κ2) is 9.69. The summed E-state index contributed by atoms with van der Waals surface area (Å²) in [6.45, 7) is 11.6. The molecule has 1 aromatic carbocycles. The van der Waals surface area contributed by atoms with Crippen molar-refractivity contribution in [3.05, 3.63) is 33.4 Å². The molecule has 0 amide bonds. The maximum atomic E-state index is 11.5. The van der Waals surface area contributed by atoms with Gasteiger partial charge in [-0.05, 0) is 71.4 Å². The number of amidine groups is 1. The smallest absolute Gasteiger partial charge is 0.273 e. The largest absolute Gasteiger partial charge is 0.371 e. The Bertz CT molecular complexity index is 804. The summed E-state index contributed by atoms with van der Waals surface area (Å²) in [5, 5.41) is 12.5. The van der Waals surface area contributed by atoms with Gasteiger partial charge in [0.2, 0.25) is 0 Å². The maximum Gasteiger partial charge on any atom is 0.273 e. The fourth-order valence-corrected chi connectivity index (χ4v) is 5.72. The fraction of sp³-hybridized carbons (Fsp3) is 0.696. The molecule has 0 aromatic heterocycles. The van der Waals surface area contributed by atoms with Crippen LogP contribution in [0.3, 0.4) is 0 Å². The van der Waals surface area contributed by atoms with Crippen LogP contribution < -0.4 is 0 Å². The van der Waals surface area contributed by atoms with Crippen LogP contribution in [0.1, 0.15) is 71.4 Å². The van der Waals surface area contributed by atoms with Crippen molar-refractivity contribution in [3.8, 4) is 0 Å². The second-order valence-corrected chi connectivity index (χ2v) is 10.3. The van der Waals surface area contributed by atoms with E-state index in [1.54, 1.807) is 17.8 Å². The van der Waals surface area contributed by atoms with Crippen LogP contribution >= 0.6 is 11.8 Å². The Labute approximate surface area is 184 Å². The zero-order valence-electron chi connectivity index (χ0n) is 18.9. The van der Waals surface area contributed by atoms with Gasteiger partial charge in [0.25, 0.3) is 5.69 Å². The molecule has 7 heteroatoms. The molecule has 1 aromatic rings. The van der Waals surface area contributed by atoms with Crippen molar-refractivity contribution in [2.75, 3.05) is 12.3 Å². The molecule has 0 saturated carbocycles. The van der Waals surface area contributed by atoms with Gasteiger partial charge in [0.1, 0.15) is 0 Å². The van der Waals surface area contributed by atoms with E-state index in [9.17, 15) is 10.1 Å². The lowest BCUT2D eigenvalue weighted by Gasteiger charge is -2.34. The van der Waals surface area contributed by atoms with E-state index in [-0.39, 0.29) is 28.4 Å². The molecule has 0 bridgehead atoms. The number of hydrogen-bond donors (Lipinski definition) is 0. The first-order valence-electron chi connectivity index (χ1n) is 11.2. The summed E-state index contributed by atoms with van der Waals surface area (Å²) in [4.78, 5) is 18.7. The number of nitro benzene ring substituents is 1. The van der Waals surface area contributed by atoms with E-state index < -0.39 is 0 Å². The van der Waals surface area contributed by atoms with Crippen LogP contribution in [0.15, 0.2) is 17.1 Å². The molecule has 0 spiro atoms. The van der Waals surface area contributed by atoms with Crippen LogP contribution in [0.4, 0.5) is 11.4 Å². The normalized spacial score (nSPS) is 21.7. The molecule has 1 fully saturated rings. The first kappa shape index (κ1) is 23.1. The molecule has 0 radical (unpaired) electrons. The quantitative estimate of drug-likeness (QED) is 0.397. The fourth-order valence-electron chi connectivity index (χ4n) is 4.39. The molecule has 3 rings (SSSR count). The molecule has 0 N–H and O–H groups in total. The van der Waals surface area contributed by atoms with E-state index in [4.69, 9.17) is 9.73 Å². The maximum absolute atomic E-state index is 11.5. The van der Waals surface area contributed by atoms with Gasteiger partial charge in [-0.1, -0.05) is 25.1 Å². The first-order chi connectivity index (χ1) is 14.2. The lowest BCUT2D eigenvalue weighted by molar-refractivity contribution is -0.385. The standard InChI is InChI=1S/C23H35N3O3S/c1-6-7-14-25-21(16(2)29-23(3,4)5)15-30-22(25)24-19-12-13-20(26(27)28)18-11-9-8-10-17(18)19/h12-13,16,21H,6-11,14-15H2,1-5H3/t16-,21-/m1/s1. The number of unbranched alkanes of at least 4 members (excludes halogenated alkanes) is 1. The summed E-state index contributed by atoms with van der Waals surface area (Å²) in [5.74, 6) is 0.953. The van der Waals surface area contributed by atoms with E-state index in [0.29, 0.717) is 0 Å². The summed E-state index contributed by atoms with van der Waals surface area (Å²) in [6.07, 6.45) is 6.06. The van der Waals surface area contributed by atoms with Crippen molar-refractivity contribution in [1.29, 1.82) is 0 Å². The zero-order chi connectivity index (χ0) is 21.9. The van der Waals surface area contributed by atoms with Crippen molar-refractivity contribution in [2.45, 2.75) is 90.9 Å². The van der Waals surface area contributed by atoms with E-state index >= 15 is 0 Å². The number of rotatable bonds is 7. The molecular formula is C23H35N3O3S. The number of aliphatic imine (C=N–C) groups is 1. The molecule has 1 heterocycles. The molecule has 2 aliphatic rings. The Kier molecular flexibility index (Phi) is 7.45. The number of nitro groups is 1. The van der Waals surface area contributed by atoms with Gasteiger partial charge in [-0.2, -0.15) is 0 Å². The highest BCUT2D eigenvalue weighted by molar-refractivity contribution is 8.14. The average Bonchev–Trinajstić information content (AvgIpc) is 3.07. The number of benzene rings is 1. The van der Waals surface area contributed by atoms with Crippen molar-refractivity contribution in [3.63, 3.8) is 0 Å². The van der Waals surface area contributed by atoms with Gasteiger partial charge in [0, 0.05) is 23.9 Å². The number of ether oxygens (including phenoxy) is 1. The van der Waals surface area contributed by atoms with Crippen LogP contribution in [-0.2, 0) is 17.6 Å². The van der Waals surface area contributed by atoms with Crippen molar-refractivity contribution >= 4 is 28.3 Å². The van der Waals surface area contributed by atoms with Gasteiger partial charge >= 0.3 is 0 Å². The summed E-state index contributed by atoms with van der Waals surface area (Å²) >= 11 is 1.78. The highest BCUT2D eigenvalue weighted by Gasteiger charge is 2.36. The number of hydrogen-bond acceptors (Lipinski definition) is 5. The molecule has 1 aliphatic carbocycles. The van der Waals surface area contributed by atoms with Crippen LogP contribution in [0.25, 0.3) is 0 Å². The summed E-state index contributed by atoms with van der Waals surface area (Å²) in [7, 11) is 0. The first-order valence-corrected chi connectivity index (χ1v) is 12.1. The van der Waals surface area contributed by atoms with Crippen molar-refractivity contribution in [1.82, 2.24) is 4.90 Å². The van der Waals surface area contributed by atoms with Gasteiger partial charge in [-0.15, -0.1) is 0 Å². The minimum Gasteiger partial charge on any atom is -0.371 e. The molecule has 1 aliphatic heterocycles. The molecular weight excluding hydrogens is 398 g/mol. The summed E-state index contributed by atoms with van der Waals surface area (Å²) in [5.41, 5.74) is 2.93. The molecule has 30 heavy (non-hydrogen) atoms. The molecule has 6 nitrogen and oxygen atoms in total. The van der Waals surface area contributed by atoms with Crippen LogP contribution in [0.2, 0.25) is 0 Å². The van der Waals surface area contributed by atoms with E-state index in [0.717, 1.165) is 72.8 Å². The Balaban J connectivity index is 1.92. The van der Waals surface area contributed by atoms with Gasteiger partial charge < -0.3 is 9.64 Å². The van der Waals surface area contributed by atoms with Crippen LogP contribution in [0.5, 0.6) is 0 Å². The minimum atomic E-state index is -0.250. The van der Waals surface area contributed by atoms with Gasteiger partial charge in [-0.3, -0.25) is 10.1 Å². The second-order valence-electron chi connectivity index (χ2n) is 9.28. The number of thioether (sulfide) groups is 1. The molecule has 166 valence electrons. The lowest BCUT2D eigenvalue weighted by atomic mass is 9.89. The predicted molar refractivity (Wildman–Crippen MR) is 125 cm³/mol. The summed E-state index contributed by atoms with van der Waals surface area (Å²) < 4.78 is 6.28. The average molecular weight is 434 g/mol.